The third-order valence-electron chi connectivity index (χ3n) is 3.21. The fraction of sp³-hybridized carbons (Fsp3) is 0.133. The van der Waals surface area contributed by atoms with Gasteiger partial charge in [0, 0.05) is 11.5 Å². The highest BCUT2D eigenvalue weighted by molar-refractivity contribution is 6.05. The third-order valence-corrected chi connectivity index (χ3v) is 3.21. The van der Waals surface area contributed by atoms with Gasteiger partial charge in [0.25, 0.3) is 0 Å². The van der Waals surface area contributed by atoms with Crippen LogP contribution in [0.2, 0.25) is 0 Å². The van der Waals surface area contributed by atoms with E-state index in [1.165, 1.54) is 19.1 Å². The van der Waals surface area contributed by atoms with Gasteiger partial charge < -0.3 is 8.83 Å². The van der Waals surface area contributed by atoms with Crippen molar-refractivity contribution in [3.63, 3.8) is 0 Å². The molecule has 2 aromatic heterocycles. The lowest BCUT2D eigenvalue weighted by Crippen LogP contribution is -2.11. The first-order chi connectivity index (χ1) is 9.47. The first-order valence-electron chi connectivity index (χ1n) is 5.99. The molecule has 0 amide bonds. The van der Waals surface area contributed by atoms with Crippen LogP contribution in [0.15, 0.2) is 42.7 Å². The molecule has 5 nitrogen and oxygen atoms in total. The minimum atomic E-state index is -0.695. The Kier molecular flexibility index (Phi) is 2.57. The highest BCUT2D eigenvalue weighted by Gasteiger charge is 2.13. The van der Waals surface area contributed by atoms with E-state index in [2.05, 4.69) is 0 Å². The van der Waals surface area contributed by atoms with E-state index in [1.54, 1.807) is 19.1 Å². The summed E-state index contributed by atoms with van der Waals surface area (Å²) >= 11 is 0. The van der Waals surface area contributed by atoms with Crippen LogP contribution in [-0.4, -0.2) is 5.78 Å². The second-order valence-corrected chi connectivity index (χ2v) is 4.61. The van der Waals surface area contributed by atoms with Crippen LogP contribution in [0.3, 0.4) is 0 Å². The van der Waals surface area contributed by atoms with Crippen LogP contribution in [0.5, 0.6) is 0 Å². The van der Waals surface area contributed by atoms with Crippen LogP contribution in [-0.2, 0) is 0 Å². The number of rotatable bonds is 1. The summed E-state index contributed by atoms with van der Waals surface area (Å²) in [5.74, 6) is -0.396. The Labute approximate surface area is 112 Å². The number of ketones is 1. The molecule has 20 heavy (non-hydrogen) atoms. The van der Waals surface area contributed by atoms with Gasteiger partial charge in [-0.3, -0.25) is 4.79 Å². The lowest BCUT2D eigenvalue weighted by atomic mass is 10.1. The highest BCUT2D eigenvalue weighted by Crippen LogP contribution is 2.26. The Balaban J connectivity index is 2.59. The second-order valence-electron chi connectivity index (χ2n) is 4.61. The third kappa shape index (κ3) is 1.75. The van der Waals surface area contributed by atoms with Gasteiger partial charge in [0.1, 0.15) is 16.7 Å². The van der Waals surface area contributed by atoms with Crippen LogP contribution >= 0.6 is 0 Å². The molecule has 0 aliphatic rings. The van der Waals surface area contributed by atoms with Gasteiger partial charge in [0.15, 0.2) is 5.78 Å². The second kappa shape index (κ2) is 4.16. The average molecular weight is 270 g/mol. The summed E-state index contributed by atoms with van der Waals surface area (Å²) in [6.07, 6.45) is 0. The van der Waals surface area contributed by atoms with Crippen LogP contribution in [0.25, 0.3) is 21.9 Å². The van der Waals surface area contributed by atoms with E-state index in [4.69, 9.17) is 8.83 Å². The molecule has 0 atom stereocenters. The summed E-state index contributed by atoms with van der Waals surface area (Å²) < 4.78 is 10.3. The van der Waals surface area contributed by atoms with Gasteiger partial charge in [0.05, 0.1) is 5.39 Å². The molecule has 0 bridgehead atoms. The topological polar surface area (TPSA) is 77.5 Å². The van der Waals surface area contributed by atoms with Gasteiger partial charge in [0.2, 0.25) is 0 Å². The van der Waals surface area contributed by atoms with Gasteiger partial charge in [-0.2, -0.15) is 0 Å². The maximum absolute atomic E-state index is 11.7. The number of carbonyl (C=O) groups excluding carboxylic acids is 1. The zero-order valence-electron chi connectivity index (χ0n) is 10.9. The van der Waals surface area contributed by atoms with E-state index in [0.29, 0.717) is 11.0 Å². The molecule has 0 radical (unpaired) electrons. The SMILES string of the molecule is CC(=O)c1cc2c(ccc3c(C)cc(=O)oc32)oc1=O. The number of Topliss-reactive ketones (excluding diaryl/α,β-unsaturated/α-hetero) is 1. The van der Waals surface area contributed by atoms with Crippen molar-refractivity contribution in [2.45, 2.75) is 13.8 Å². The molecule has 0 unspecified atom stereocenters. The number of hydrogen-bond acceptors (Lipinski definition) is 5. The van der Waals surface area contributed by atoms with Crippen molar-refractivity contribution in [2.24, 2.45) is 0 Å². The Morgan fingerprint density at radius 1 is 1.05 bits per heavy atom. The minimum Gasteiger partial charge on any atom is -0.422 e. The number of fused-ring (bicyclic) bond motifs is 3. The van der Waals surface area contributed by atoms with Gasteiger partial charge in [-0.1, -0.05) is 0 Å². The van der Waals surface area contributed by atoms with E-state index in [-0.39, 0.29) is 11.1 Å². The van der Waals surface area contributed by atoms with Gasteiger partial charge in [-0.05, 0) is 37.6 Å². The van der Waals surface area contributed by atoms with Gasteiger partial charge in [-0.15, -0.1) is 0 Å². The lowest BCUT2D eigenvalue weighted by Gasteiger charge is -2.04. The standard InChI is InChI=1S/C15H10O5/c1-7-5-13(17)20-14-9(7)3-4-12-11(14)6-10(8(2)16)15(18)19-12/h3-6H,1-2H3. The molecule has 0 aliphatic heterocycles. The van der Waals surface area contributed by atoms with E-state index >= 15 is 0 Å². The molecule has 1 aromatic carbocycles. The molecule has 2 heterocycles. The number of benzene rings is 1. The van der Waals surface area contributed by atoms with Crippen molar-refractivity contribution in [2.75, 3.05) is 0 Å². The number of aryl methyl sites for hydroxylation is 1. The quantitative estimate of drug-likeness (QED) is 0.385. The molecule has 3 aromatic rings. The molecule has 0 spiro atoms. The monoisotopic (exact) mass is 270 g/mol. The van der Waals surface area contributed by atoms with Crippen molar-refractivity contribution < 1.29 is 13.6 Å². The van der Waals surface area contributed by atoms with Crippen molar-refractivity contribution >= 4 is 27.7 Å². The van der Waals surface area contributed by atoms with Crippen molar-refractivity contribution in [3.05, 3.63) is 56.2 Å². The zero-order chi connectivity index (χ0) is 14.4. The Morgan fingerprint density at radius 2 is 1.80 bits per heavy atom. The molecule has 0 fully saturated rings. The maximum atomic E-state index is 11.7. The predicted molar refractivity (Wildman–Crippen MR) is 73.3 cm³/mol. The minimum absolute atomic E-state index is 0.0610. The smallest absolute Gasteiger partial charge is 0.347 e. The average Bonchev–Trinajstić information content (AvgIpc) is 2.36. The van der Waals surface area contributed by atoms with Gasteiger partial charge in [-0.25, -0.2) is 9.59 Å². The first kappa shape index (κ1) is 12.3. The normalized spacial score (nSPS) is 11.1. The van der Waals surface area contributed by atoms with Crippen LogP contribution in [0.1, 0.15) is 22.8 Å². The molecule has 0 N–H and O–H groups in total. The van der Waals surface area contributed by atoms with Crippen molar-refractivity contribution in [3.8, 4) is 0 Å². The lowest BCUT2D eigenvalue weighted by molar-refractivity contribution is 0.101. The molecule has 0 aliphatic carbocycles. The fourth-order valence-electron chi connectivity index (χ4n) is 2.22. The molecular weight excluding hydrogens is 260 g/mol. The molecular formula is C15H10O5. The molecule has 0 saturated heterocycles. The van der Waals surface area contributed by atoms with Crippen LogP contribution in [0.4, 0.5) is 0 Å². The summed E-state index contributed by atoms with van der Waals surface area (Å²) in [5.41, 5.74) is 0.111. The van der Waals surface area contributed by atoms with Crippen LogP contribution in [0, 0.1) is 6.92 Å². The Morgan fingerprint density at radius 3 is 2.50 bits per heavy atom. The van der Waals surface area contributed by atoms with Gasteiger partial charge >= 0.3 is 11.3 Å². The van der Waals surface area contributed by atoms with Crippen LogP contribution < -0.4 is 11.3 Å². The Bertz CT molecular complexity index is 975. The Hall–Kier alpha value is -2.69. The van der Waals surface area contributed by atoms with Crippen molar-refractivity contribution in [1.82, 2.24) is 0 Å². The molecule has 100 valence electrons. The fourth-order valence-corrected chi connectivity index (χ4v) is 2.22. The summed E-state index contributed by atoms with van der Waals surface area (Å²) in [7, 11) is 0. The largest absolute Gasteiger partial charge is 0.422 e. The zero-order valence-corrected chi connectivity index (χ0v) is 10.9. The number of hydrogen-bond donors (Lipinski definition) is 0. The summed E-state index contributed by atoms with van der Waals surface area (Å²) in [4.78, 5) is 34.6. The molecule has 3 rings (SSSR count). The van der Waals surface area contributed by atoms with Crippen molar-refractivity contribution in [1.29, 1.82) is 0 Å². The van der Waals surface area contributed by atoms with E-state index in [0.717, 1.165) is 10.9 Å². The van der Waals surface area contributed by atoms with E-state index in [9.17, 15) is 14.4 Å². The molecule has 5 heteroatoms. The summed E-state index contributed by atoms with van der Waals surface area (Å²) in [5, 5.41) is 1.17. The molecule has 0 saturated carbocycles. The first-order valence-corrected chi connectivity index (χ1v) is 5.99. The predicted octanol–water partition coefficient (Wildman–Crippen LogP) is 2.41. The van der Waals surface area contributed by atoms with E-state index < -0.39 is 17.0 Å². The maximum Gasteiger partial charge on any atom is 0.347 e. The highest BCUT2D eigenvalue weighted by atomic mass is 16.4. The van der Waals surface area contributed by atoms with E-state index in [1.807, 2.05) is 0 Å². The summed E-state index contributed by atoms with van der Waals surface area (Å²) in [6, 6.07) is 6.13. The number of carbonyl (C=O) groups is 1. The summed E-state index contributed by atoms with van der Waals surface area (Å²) in [6.45, 7) is 3.07.